The van der Waals surface area contributed by atoms with Crippen LogP contribution in [0.5, 0.6) is 0 Å². The number of nitro groups is 1. The van der Waals surface area contributed by atoms with Gasteiger partial charge in [-0.1, -0.05) is 11.6 Å². The lowest BCUT2D eigenvalue weighted by Crippen LogP contribution is -2.44. The fourth-order valence-corrected chi connectivity index (χ4v) is 2.83. The van der Waals surface area contributed by atoms with Gasteiger partial charge in [0.2, 0.25) is 0 Å². The van der Waals surface area contributed by atoms with Crippen molar-refractivity contribution in [3.05, 3.63) is 32.8 Å². The van der Waals surface area contributed by atoms with Gasteiger partial charge in [-0.05, 0) is 6.07 Å². The smallest absolute Gasteiger partial charge is 0.346 e. The number of anilines is 1. The second-order valence-electron chi connectivity index (χ2n) is 4.94. The maximum Gasteiger partial charge on any atom is 0.346 e. The molecule has 0 aliphatic carbocycles. The van der Waals surface area contributed by atoms with E-state index in [9.17, 15) is 14.9 Å². The van der Waals surface area contributed by atoms with E-state index in [1.54, 1.807) is 7.11 Å². The Kier molecular flexibility index (Phi) is 5.75. The van der Waals surface area contributed by atoms with Crippen LogP contribution in [-0.4, -0.2) is 57.5 Å². The van der Waals surface area contributed by atoms with Crippen molar-refractivity contribution < 1.29 is 23.9 Å². The molecule has 1 saturated heterocycles. The van der Waals surface area contributed by atoms with Gasteiger partial charge in [-0.3, -0.25) is 10.1 Å². The fraction of sp³-hybridized carbons (Fsp3) is 0.500. The number of morpholine rings is 1. The summed E-state index contributed by atoms with van der Waals surface area (Å²) < 4.78 is 15.3. The molecule has 0 bridgehead atoms. The number of carbonyl (C=O) groups is 1. The van der Waals surface area contributed by atoms with Crippen molar-refractivity contribution in [3.63, 3.8) is 0 Å². The quantitative estimate of drug-likeness (QED) is 0.457. The first-order chi connectivity index (χ1) is 11.0. The van der Waals surface area contributed by atoms with Gasteiger partial charge in [0.1, 0.15) is 0 Å². The number of nitrogens with zero attached hydrogens (tertiary/aromatic N) is 2. The first-order valence-corrected chi connectivity index (χ1v) is 7.28. The Hall–Kier alpha value is -1.90. The standard InChI is InChI=1S/C14H17ClN2O6/c1-21-8-9-7-16(5-6-23-9)11-4-3-10(17(19)20)12(13(11)15)14(18)22-2/h3-4,9H,5-8H2,1-2H3. The molecule has 0 spiro atoms. The van der Waals surface area contributed by atoms with Crippen LogP contribution in [0.25, 0.3) is 0 Å². The van der Waals surface area contributed by atoms with E-state index in [1.807, 2.05) is 4.90 Å². The Balaban J connectivity index is 2.40. The van der Waals surface area contributed by atoms with Gasteiger partial charge in [-0.15, -0.1) is 0 Å². The highest BCUT2D eigenvalue weighted by molar-refractivity contribution is 6.36. The van der Waals surface area contributed by atoms with Crippen molar-refractivity contribution >= 4 is 28.9 Å². The minimum atomic E-state index is -0.842. The molecule has 1 atom stereocenters. The third-order valence-electron chi connectivity index (χ3n) is 3.52. The molecule has 0 amide bonds. The number of ether oxygens (including phenoxy) is 3. The van der Waals surface area contributed by atoms with Crippen LogP contribution >= 0.6 is 11.6 Å². The van der Waals surface area contributed by atoms with E-state index in [-0.39, 0.29) is 22.4 Å². The van der Waals surface area contributed by atoms with Crippen molar-refractivity contribution in [3.8, 4) is 0 Å². The Morgan fingerprint density at radius 2 is 2.26 bits per heavy atom. The molecule has 9 heteroatoms. The lowest BCUT2D eigenvalue weighted by Gasteiger charge is -2.34. The van der Waals surface area contributed by atoms with Gasteiger partial charge in [0, 0.05) is 26.3 Å². The van der Waals surface area contributed by atoms with E-state index in [0.717, 1.165) is 7.11 Å². The predicted octanol–water partition coefficient (Wildman–Crippen LogP) is 1.89. The van der Waals surface area contributed by atoms with Crippen LogP contribution < -0.4 is 4.90 Å². The topological polar surface area (TPSA) is 91.1 Å². The molecule has 2 rings (SSSR count). The van der Waals surface area contributed by atoms with Crippen molar-refractivity contribution in [1.29, 1.82) is 0 Å². The third-order valence-corrected chi connectivity index (χ3v) is 3.90. The minimum Gasteiger partial charge on any atom is -0.465 e. The normalized spacial score (nSPS) is 17.9. The Morgan fingerprint density at radius 3 is 2.87 bits per heavy atom. The van der Waals surface area contributed by atoms with E-state index in [4.69, 9.17) is 21.1 Å². The van der Waals surface area contributed by atoms with Gasteiger partial charge in [-0.2, -0.15) is 0 Å². The van der Waals surface area contributed by atoms with E-state index in [0.29, 0.717) is 32.0 Å². The summed E-state index contributed by atoms with van der Waals surface area (Å²) >= 11 is 6.27. The number of halogens is 1. The van der Waals surface area contributed by atoms with Gasteiger partial charge in [0.25, 0.3) is 5.69 Å². The summed E-state index contributed by atoms with van der Waals surface area (Å²) in [5, 5.41) is 11.1. The Bertz CT molecular complexity index is 607. The molecule has 0 N–H and O–H groups in total. The number of hydrogen-bond donors (Lipinski definition) is 0. The predicted molar refractivity (Wildman–Crippen MR) is 83.3 cm³/mol. The molecule has 8 nitrogen and oxygen atoms in total. The van der Waals surface area contributed by atoms with Crippen molar-refractivity contribution in [1.82, 2.24) is 0 Å². The number of esters is 1. The second-order valence-corrected chi connectivity index (χ2v) is 5.31. The van der Waals surface area contributed by atoms with Crippen molar-refractivity contribution in [2.24, 2.45) is 0 Å². The van der Waals surface area contributed by atoms with Gasteiger partial charge in [0.05, 0.1) is 42.1 Å². The Morgan fingerprint density at radius 1 is 1.52 bits per heavy atom. The zero-order valence-electron chi connectivity index (χ0n) is 12.8. The molecule has 1 aliphatic heterocycles. The molecule has 1 unspecified atom stereocenters. The largest absolute Gasteiger partial charge is 0.465 e. The molecule has 1 aromatic rings. The van der Waals surface area contributed by atoms with Crippen LogP contribution in [0.4, 0.5) is 11.4 Å². The zero-order valence-corrected chi connectivity index (χ0v) is 13.5. The average molecular weight is 345 g/mol. The number of nitro benzene ring substituents is 1. The van der Waals surface area contributed by atoms with Crippen LogP contribution in [0, 0.1) is 10.1 Å². The summed E-state index contributed by atoms with van der Waals surface area (Å²) in [7, 11) is 2.73. The molecule has 0 aromatic heterocycles. The van der Waals surface area contributed by atoms with Crippen molar-refractivity contribution in [2.75, 3.05) is 45.4 Å². The van der Waals surface area contributed by atoms with E-state index < -0.39 is 10.9 Å². The molecular weight excluding hydrogens is 328 g/mol. The number of rotatable bonds is 5. The highest BCUT2D eigenvalue weighted by atomic mass is 35.5. The summed E-state index contributed by atoms with van der Waals surface area (Å²) in [5.41, 5.74) is -0.0965. The van der Waals surface area contributed by atoms with Crippen LogP contribution in [-0.2, 0) is 14.2 Å². The van der Waals surface area contributed by atoms with E-state index >= 15 is 0 Å². The zero-order chi connectivity index (χ0) is 17.0. The molecule has 1 aromatic carbocycles. The molecule has 1 fully saturated rings. The number of hydrogen-bond acceptors (Lipinski definition) is 7. The summed E-state index contributed by atoms with van der Waals surface area (Å²) in [4.78, 5) is 24.2. The summed E-state index contributed by atoms with van der Waals surface area (Å²) in [6.45, 7) is 1.95. The number of carbonyl (C=O) groups excluding carboxylic acids is 1. The monoisotopic (exact) mass is 344 g/mol. The highest BCUT2D eigenvalue weighted by Crippen LogP contribution is 2.36. The van der Waals surface area contributed by atoms with Crippen LogP contribution in [0.1, 0.15) is 10.4 Å². The lowest BCUT2D eigenvalue weighted by molar-refractivity contribution is -0.385. The summed E-state index contributed by atoms with van der Waals surface area (Å²) in [6.07, 6.45) is -0.137. The molecule has 23 heavy (non-hydrogen) atoms. The van der Waals surface area contributed by atoms with Gasteiger partial charge >= 0.3 is 5.97 Å². The Labute approximate surface area is 138 Å². The molecule has 1 heterocycles. The van der Waals surface area contributed by atoms with Crippen LogP contribution in [0.15, 0.2) is 12.1 Å². The third kappa shape index (κ3) is 3.72. The second kappa shape index (κ2) is 7.58. The summed E-state index contributed by atoms with van der Waals surface area (Å²) in [5.74, 6) is -0.842. The molecule has 1 aliphatic rings. The minimum absolute atomic E-state index is 0.00381. The molecular formula is C14H17ClN2O6. The van der Waals surface area contributed by atoms with Crippen LogP contribution in [0.3, 0.4) is 0 Å². The lowest BCUT2D eigenvalue weighted by atomic mass is 10.1. The number of methoxy groups -OCH3 is 2. The van der Waals surface area contributed by atoms with E-state index in [2.05, 4.69) is 4.74 Å². The first-order valence-electron chi connectivity index (χ1n) is 6.90. The first kappa shape index (κ1) is 17.5. The molecule has 0 saturated carbocycles. The van der Waals surface area contributed by atoms with Gasteiger partial charge in [-0.25, -0.2) is 4.79 Å². The molecule has 0 radical (unpaired) electrons. The van der Waals surface area contributed by atoms with Gasteiger partial charge in [0.15, 0.2) is 5.56 Å². The van der Waals surface area contributed by atoms with E-state index in [1.165, 1.54) is 12.1 Å². The highest BCUT2D eigenvalue weighted by Gasteiger charge is 2.30. The maximum atomic E-state index is 11.9. The van der Waals surface area contributed by atoms with Gasteiger partial charge < -0.3 is 19.1 Å². The summed E-state index contributed by atoms with van der Waals surface area (Å²) in [6, 6.07) is 2.79. The number of benzene rings is 1. The maximum absolute atomic E-state index is 11.9. The average Bonchev–Trinajstić information content (AvgIpc) is 2.54. The fourth-order valence-electron chi connectivity index (χ4n) is 2.47. The van der Waals surface area contributed by atoms with Crippen LogP contribution in [0.2, 0.25) is 5.02 Å². The van der Waals surface area contributed by atoms with Crippen molar-refractivity contribution in [2.45, 2.75) is 6.10 Å². The molecule has 126 valence electrons. The SMILES string of the molecule is COCC1CN(c2ccc([N+](=O)[O-])c(C(=O)OC)c2Cl)CCO1.